The molecule has 0 spiro atoms. The Morgan fingerprint density at radius 2 is 2.07 bits per heavy atom. The smallest absolute Gasteiger partial charge is 0.120 e. The molecule has 3 nitrogen and oxygen atoms in total. The van der Waals surface area contributed by atoms with Crippen LogP contribution in [0.3, 0.4) is 0 Å². The van der Waals surface area contributed by atoms with Gasteiger partial charge >= 0.3 is 0 Å². The Bertz CT molecular complexity index is 286. The molecule has 3 heteroatoms. The van der Waals surface area contributed by atoms with Crippen molar-refractivity contribution in [1.82, 2.24) is 0 Å². The maximum atomic E-state index is 5.76. The molecule has 14 heavy (non-hydrogen) atoms. The highest BCUT2D eigenvalue weighted by molar-refractivity contribution is 5.48. The van der Waals surface area contributed by atoms with Crippen molar-refractivity contribution in [3.8, 4) is 5.75 Å². The standard InChI is InChI=1S/C11H18N2O/c1-8(12)9(2)13-10-5-4-6-11(7-10)14-3/h4-9,13H,12H2,1-3H3. The van der Waals surface area contributed by atoms with Gasteiger partial charge in [-0.25, -0.2) is 0 Å². The molecule has 78 valence electrons. The van der Waals surface area contributed by atoms with Crippen molar-refractivity contribution < 1.29 is 4.74 Å². The first kappa shape index (κ1) is 10.9. The number of nitrogens with two attached hydrogens (primary N) is 1. The molecule has 0 amide bonds. The van der Waals surface area contributed by atoms with E-state index in [0.29, 0.717) is 0 Å². The van der Waals surface area contributed by atoms with E-state index in [-0.39, 0.29) is 12.1 Å². The lowest BCUT2D eigenvalue weighted by molar-refractivity contribution is 0.415. The van der Waals surface area contributed by atoms with Crippen LogP contribution in [0.1, 0.15) is 13.8 Å². The maximum absolute atomic E-state index is 5.76. The van der Waals surface area contributed by atoms with Gasteiger partial charge in [0.2, 0.25) is 0 Å². The number of hydrogen-bond donors (Lipinski definition) is 2. The van der Waals surface area contributed by atoms with Gasteiger partial charge in [0.25, 0.3) is 0 Å². The van der Waals surface area contributed by atoms with Gasteiger partial charge in [-0.2, -0.15) is 0 Å². The van der Waals surface area contributed by atoms with Crippen molar-refractivity contribution in [3.63, 3.8) is 0 Å². The molecule has 3 N–H and O–H groups in total. The predicted molar refractivity (Wildman–Crippen MR) is 59.7 cm³/mol. The van der Waals surface area contributed by atoms with Crippen LogP contribution in [0.5, 0.6) is 5.75 Å². The average molecular weight is 194 g/mol. The molecule has 0 heterocycles. The Morgan fingerprint density at radius 1 is 1.36 bits per heavy atom. The third-order valence-electron chi connectivity index (χ3n) is 2.25. The van der Waals surface area contributed by atoms with E-state index in [1.807, 2.05) is 31.2 Å². The van der Waals surface area contributed by atoms with Crippen molar-refractivity contribution in [2.45, 2.75) is 25.9 Å². The molecule has 0 fully saturated rings. The van der Waals surface area contributed by atoms with Gasteiger partial charge < -0.3 is 15.8 Å². The summed E-state index contributed by atoms with van der Waals surface area (Å²) in [7, 11) is 1.66. The Hall–Kier alpha value is -1.22. The topological polar surface area (TPSA) is 47.3 Å². The summed E-state index contributed by atoms with van der Waals surface area (Å²) in [4.78, 5) is 0. The molecular weight excluding hydrogens is 176 g/mol. The molecule has 2 unspecified atom stereocenters. The van der Waals surface area contributed by atoms with Crippen LogP contribution < -0.4 is 15.8 Å². The van der Waals surface area contributed by atoms with E-state index in [4.69, 9.17) is 10.5 Å². The zero-order valence-corrected chi connectivity index (χ0v) is 8.95. The molecule has 0 aromatic heterocycles. The average Bonchev–Trinajstić information content (AvgIpc) is 2.18. The van der Waals surface area contributed by atoms with Crippen LogP contribution in [-0.4, -0.2) is 19.2 Å². The molecule has 0 aliphatic rings. The second-order valence-electron chi connectivity index (χ2n) is 3.52. The normalized spacial score (nSPS) is 14.6. The molecule has 0 aliphatic heterocycles. The van der Waals surface area contributed by atoms with Crippen LogP contribution in [0.15, 0.2) is 24.3 Å². The van der Waals surface area contributed by atoms with Crippen molar-refractivity contribution in [1.29, 1.82) is 0 Å². The second-order valence-corrected chi connectivity index (χ2v) is 3.52. The summed E-state index contributed by atoms with van der Waals surface area (Å²) in [6.45, 7) is 4.04. The zero-order valence-electron chi connectivity index (χ0n) is 8.95. The Labute approximate surface area is 85.3 Å². The minimum Gasteiger partial charge on any atom is -0.497 e. The first-order valence-corrected chi connectivity index (χ1v) is 4.79. The lowest BCUT2D eigenvalue weighted by Gasteiger charge is -2.18. The van der Waals surface area contributed by atoms with E-state index < -0.39 is 0 Å². The first-order chi connectivity index (χ1) is 6.63. The van der Waals surface area contributed by atoms with E-state index >= 15 is 0 Å². The van der Waals surface area contributed by atoms with E-state index in [1.165, 1.54) is 0 Å². The number of nitrogens with one attached hydrogen (secondary N) is 1. The number of rotatable bonds is 4. The maximum Gasteiger partial charge on any atom is 0.120 e. The summed E-state index contributed by atoms with van der Waals surface area (Å²) in [5.41, 5.74) is 6.80. The van der Waals surface area contributed by atoms with Crippen molar-refractivity contribution in [2.75, 3.05) is 12.4 Å². The van der Waals surface area contributed by atoms with Crippen LogP contribution in [-0.2, 0) is 0 Å². The van der Waals surface area contributed by atoms with Gasteiger partial charge in [0.15, 0.2) is 0 Å². The summed E-state index contributed by atoms with van der Waals surface area (Å²) in [5.74, 6) is 0.854. The summed E-state index contributed by atoms with van der Waals surface area (Å²) < 4.78 is 5.13. The quantitative estimate of drug-likeness (QED) is 0.769. The van der Waals surface area contributed by atoms with Gasteiger partial charge in [-0.1, -0.05) is 6.07 Å². The van der Waals surface area contributed by atoms with Crippen molar-refractivity contribution in [3.05, 3.63) is 24.3 Å². The fourth-order valence-corrected chi connectivity index (χ4v) is 1.11. The van der Waals surface area contributed by atoms with E-state index in [2.05, 4.69) is 12.2 Å². The molecule has 0 saturated heterocycles. The third kappa shape index (κ3) is 2.92. The highest BCUT2D eigenvalue weighted by Crippen LogP contribution is 2.17. The Kier molecular flexibility index (Phi) is 3.77. The summed E-state index contributed by atoms with van der Waals surface area (Å²) in [6, 6.07) is 8.21. The minimum absolute atomic E-state index is 0.126. The largest absolute Gasteiger partial charge is 0.497 e. The molecule has 1 aromatic rings. The number of hydrogen-bond acceptors (Lipinski definition) is 3. The van der Waals surface area contributed by atoms with Crippen LogP contribution in [0.2, 0.25) is 0 Å². The molecule has 1 aromatic carbocycles. The summed E-state index contributed by atoms with van der Waals surface area (Å²) in [5, 5.41) is 3.31. The van der Waals surface area contributed by atoms with E-state index in [1.54, 1.807) is 7.11 Å². The number of benzene rings is 1. The molecule has 0 aliphatic carbocycles. The zero-order chi connectivity index (χ0) is 10.6. The molecule has 0 bridgehead atoms. The fraction of sp³-hybridized carbons (Fsp3) is 0.455. The molecule has 2 atom stereocenters. The third-order valence-corrected chi connectivity index (χ3v) is 2.25. The number of ether oxygens (including phenoxy) is 1. The number of methoxy groups -OCH3 is 1. The highest BCUT2D eigenvalue weighted by Gasteiger charge is 2.06. The van der Waals surface area contributed by atoms with Crippen LogP contribution >= 0.6 is 0 Å². The number of anilines is 1. The fourth-order valence-electron chi connectivity index (χ4n) is 1.11. The highest BCUT2D eigenvalue weighted by atomic mass is 16.5. The van der Waals surface area contributed by atoms with Gasteiger partial charge in [0.1, 0.15) is 5.75 Å². The van der Waals surface area contributed by atoms with Crippen molar-refractivity contribution >= 4 is 5.69 Å². The molecule has 0 saturated carbocycles. The van der Waals surface area contributed by atoms with Crippen LogP contribution in [0, 0.1) is 0 Å². The molecule has 1 rings (SSSR count). The minimum atomic E-state index is 0.126. The van der Waals surface area contributed by atoms with E-state index in [0.717, 1.165) is 11.4 Å². The predicted octanol–water partition coefficient (Wildman–Crippen LogP) is 1.84. The Morgan fingerprint density at radius 3 is 2.64 bits per heavy atom. The van der Waals surface area contributed by atoms with Crippen molar-refractivity contribution in [2.24, 2.45) is 5.73 Å². The van der Waals surface area contributed by atoms with Crippen LogP contribution in [0.4, 0.5) is 5.69 Å². The van der Waals surface area contributed by atoms with E-state index in [9.17, 15) is 0 Å². The monoisotopic (exact) mass is 194 g/mol. The first-order valence-electron chi connectivity index (χ1n) is 4.79. The van der Waals surface area contributed by atoms with Gasteiger partial charge in [-0.05, 0) is 26.0 Å². The molecule has 0 radical (unpaired) electrons. The second kappa shape index (κ2) is 4.86. The molecular formula is C11H18N2O. The SMILES string of the molecule is COc1cccc(NC(C)C(C)N)c1. The van der Waals surface area contributed by atoms with Gasteiger partial charge in [0, 0.05) is 23.8 Å². The lowest BCUT2D eigenvalue weighted by Crippen LogP contribution is -2.35. The van der Waals surface area contributed by atoms with Gasteiger partial charge in [-0.15, -0.1) is 0 Å². The summed E-state index contributed by atoms with van der Waals surface area (Å²) in [6.07, 6.45) is 0. The summed E-state index contributed by atoms with van der Waals surface area (Å²) >= 11 is 0. The van der Waals surface area contributed by atoms with Gasteiger partial charge in [-0.3, -0.25) is 0 Å². The van der Waals surface area contributed by atoms with Crippen LogP contribution in [0.25, 0.3) is 0 Å². The Balaban J connectivity index is 2.66. The lowest BCUT2D eigenvalue weighted by atomic mass is 10.1. The van der Waals surface area contributed by atoms with Gasteiger partial charge in [0.05, 0.1) is 7.11 Å².